The van der Waals surface area contributed by atoms with Crippen LogP contribution in [0, 0.1) is 0 Å². The number of hydrogen-bond donors (Lipinski definition) is 1. The summed E-state index contributed by atoms with van der Waals surface area (Å²) in [5.74, 6) is 0. The zero-order valence-corrected chi connectivity index (χ0v) is 11.3. The third-order valence-electron chi connectivity index (χ3n) is 3.23. The molecular formula is C13H30N2. The molecule has 0 saturated carbocycles. The molecule has 0 rings (SSSR count). The molecule has 1 N–H and O–H groups in total. The van der Waals surface area contributed by atoms with E-state index in [1.54, 1.807) is 0 Å². The van der Waals surface area contributed by atoms with E-state index >= 15 is 0 Å². The minimum atomic E-state index is 0.663. The van der Waals surface area contributed by atoms with Gasteiger partial charge in [-0.15, -0.1) is 0 Å². The third-order valence-corrected chi connectivity index (χ3v) is 3.23. The van der Waals surface area contributed by atoms with E-state index in [1.807, 2.05) is 0 Å². The summed E-state index contributed by atoms with van der Waals surface area (Å²) in [6.45, 7) is 14.9. The molecule has 0 heterocycles. The summed E-state index contributed by atoms with van der Waals surface area (Å²) in [6, 6.07) is 1.36. The molecule has 0 aromatic heterocycles. The topological polar surface area (TPSA) is 15.3 Å². The highest BCUT2D eigenvalue weighted by atomic mass is 15.2. The molecule has 1 unspecified atom stereocenters. The molecule has 0 amide bonds. The second-order valence-corrected chi connectivity index (χ2v) is 4.40. The van der Waals surface area contributed by atoms with Crippen LogP contribution in [0.2, 0.25) is 0 Å². The monoisotopic (exact) mass is 214 g/mol. The van der Waals surface area contributed by atoms with E-state index in [-0.39, 0.29) is 0 Å². The molecule has 0 radical (unpaired) electrons. The standard InChI is InChI=1S/C13H30N2/c1-6-10-15(9-4)12(5)11-14-13(7-2)8-3/h12-14H,6-11H2,1-5H3. The van der Waals surface area contributed by atoms with E-state index in [0.717, 1.165) is 6.54 Å². The van der Waals surface area contributed by atoms with E-state index in [1.165, 1.54) is 32.4 Å². The minimum Gasteiger partial charge on any atom is -0.312 e. The van der Waals surface area contributed by atoms with Crippen LogP contribution in [-0.4, -0.2) is 36.6 Å². The number of likely N-dealkylation sites (N-methyl/N-ethyl adjacent to an activating group) is 1. The molecule has 2 heteroatoms. The predicted octanol–water partition coefficient (Wildman–Crippen LogP) is 2.89. The lowest BCUT2D eigenvalue weighted by molar-refractivity contribution is 0.209. The maximum absolute atomic E-state index is 3.65. The van der Waals surface area contributed by atoms with Gasteiger partial charge in [-0.2, -0.15) is 0 Å². The lowest BCUT2D eigenvalue weighted by Crippen LogP contribution is -2.43. The van der Waals surface area contributed by atoms with Crippen molar-refractivity contribution in [1.29, 1.82) is 0 Å². The van der Waals surface area contributed by atoms with E-state index in [4.69, 9.17) is 0 Å². The Kier molecular flexibility index (Phi) is 9.12. The van der Waals surface area contributed by atoms with Gasteiger partial charge in [0.2, 0.25) is 0 Å². The van der Waals surface area contributed by atoms with Crippen LogP contribution in [0.3, 0.4) is 0 Å². The molecule has 15 heavy (non-hydrogen) atoms. The number of hydrogen-bond acceptors (Lipinski definition) is 2. The fraction of sp³-hybridized carbons (Fsp3) is 1.00. The summed E-state index contributed by atoms with van der Waals surface area (Å²) < 4.78 is 0. The van der Waals surface area contributed by atoms with Gasteiger partial charge in [-0.1, -0.05) is 27.7 Å². The van der Waals surface area contributed by atoms with Gasteiger partial charge >= 0.3 is 0 Å². The first-order valence-electron chi connectivity index (χ1n) is 6.66. The zero-order valence-electron chi connectivity index (χ0n) is 11.3. The van der Waals surface area contributed by atoms with Gasteiger partial charge < -0.3 is 5.32 Å². The second kappa shape index (κ2) is 9.17. The summed E-state index contributed by atoms with van der Waals surface area (Å²) in [5.41, 5.74) is 0. The Labute approximate surface area is 96.4 Å². The van der Waals surface area contributed by atoms with Crippen LogP contribution in [0.15, 0.2) is 0 Å². The highest BCUT2D eigenvalue weighted by Crippen LogP contribution is 2.01. The van der Waals surface area contributed by atoms with Crippen molar-refractivity contribution < 1.29 is 0 Å². The van der Waals surface area contributed by atoms with Crippen LogP contribution in [0.5, 0.6) is 0 Å². The van der Waals surface area contributed by atoms with Crippen molar-refractivity contribution in [2.75, 3.05) is 19.6 Å². The van der Waals surface area contributed by atoms with Gasteiger partial charge in [0.05, 0.1) is 0 Å². The largest absolute Gasteiger partial charge is 0.312 e. The zero-order chi connectivity index (χ0) is 11.7. The minimum absolute atomic E-state index is 0.663. The maximum Gasteiger partial charge on any atom is 0.0192 e. The van der Waals surface area contributed by atoms with Crippen LogP contribution in [-0.2, 0) is 0 Å². The van der Waals surface area contributed by atoms with E-state index < -0.39 is 0 Å². The molecule has 0 aromatic carbocycles. The number of rotatable bonds is 9. The van der Waals surface area contributed by atoms with Crippen molar-refractivity contribution >= 4 is 0 Å². The second-order valence-electron chi connectivity index (χ2n) is 4.40. The molecule has 0 aliphatic carbocycles. The van der Waals surface area contributed by atoms with Gasteiger partial charge in [0.1, 0.15) is 0 Å². The van der Waals surface area contributed by atoms with Crippen molar-refractivity contribution in [3.05, 3.63) is 0 Å². The number of nitrogens with zero attached hydrogens (tertiary/aromatic N) is 1. The Balaban J connectivity index is 3.82. The maximum atomic E-state index is 3.65. The first kappa shape index (κ1) is 14.9. The van der Waals surface area contributed by atoms with Crippen LogP contribution in [0.4, 0.5) is 0 Å². The molecular weight excluding hydrogens is 184 g/mol. The van der Waals surface area contributed by atoms with Crippen molar-refractivity contribution in [3.63, 3.8) is 0 Å². The van der Waals surface area contributed by atoms with Gasteiger partial charge in [-0.3, -0.25) is 4.90 Å². The van der Waals surface area contributed by atoms with E-state index in [0.29, 0.717) is 12.1 Å². The fourth-order valence-electron chi connectivity index (χ4n) is 2.02. The molecule has 0 spiro atoms. The molecule has 0 saturated heterocycles. The Morgan fingerprint density at radius 1 is 1.07 bits per heavy atom. The lowest BCUT2D eigenvalue weighted by atomic mass is 10.1. The molecule has 0 aliphatic heterocycles. The summed E-state index contributed by atoms with van der Waals surface area (Å²) in [5, 5.41) is 3.65. The highest BCUT2D eigenvalue weighted by Gasteiger charge is 2.12. The highest BCUT2D eigenvalue weighted by molar-refractivity contribution is 4.71. The Morgan fingerprint density at radius 2 is 1.67 bits per heavy atom. The first-order chi connectivity index (χ1) is 7.19. The smallest absolute Gasteiger partial charge is 0.0192 e. The molecule has 2 nitrogen and oxygen atoms in total. The third kappa shape index (κ3) is 6.16. The van der Waals surface area contributed by atoms with Crippen molar-refractivity contribution in [1.82, 2.24) is 10.2 Å². The van der Waals surface area contributed by atoms with Crippen LogP contribution >= 0.6 is 0 Å². The summed E-state index contributed by atoms with van der Waals surface area (Å²) in [4.78, 5) is 2.55. The molecule has 1 atom stereocenters. The predicted molar refractivity (Wildman–Crippen MR) is 69.4 cm³/mol. The summed E-state index contributed by atoms with van der Waals surface area (Å²) >= 11 is 0. The SMILES string of the molecule is CCCN(CC)C(C)CNC(CC)CC. The van der Waals surface area contributed by atoms with Gasteiger partial charge in [-0.05, 0) is 39.3 Å². The first-order valence-corrected chi connectivity index (χ1v) is 6.66. The Hall–Kier alpha value is -0.0800. The van der Waals surface area contributed by atoms with Crippen LogP contribution in [0.25, 0.3) is 0 Å². The van der Waals surface area contributed by atoms with Gasteiger partial charge in [0, 0.05) is 18.6 Å². The Bertz CT molecular complexity index is 132. The molecule has 0 aliphatic rings. The summed E-state index contributed by atoms with van der Waals surface area (Å²) in [6.07, 6.45) is 3.73. The normalized spacial score (nSPS) is 13.8. The number of nitrogens with one attached hydrogen (secondary N) is 1. The van der Waals surface area contributed by atoms with Gasteiger partial charge in [-0.25, -0.2) is 0 Å². The van der Waals surface area contributed by atoms with Crippen LogP contribution < -0.4 is 5.32 Å². The van der Waals surface area contributed by atoms with Gasteiger partial charge in [0.25, 0.3) is 0 Å². The average Bonchev–Trinajstić information content (AvgIpc) is 2.26. The van der Waals surface area contributed by atoms with E-state index in [9.17, 15) is 0 Å². The van der Waals surface area contributed by atoms with Gasteiger partial charge in [0.15, 0.2) is 0 Å². The Morgan fingerprint density at radius 3 is 2.07 bits per heavy atom. The quantitative estimate of drug-likeness (QED) is 0.635. The lowest BCUT2D eigenvalue weighted by Gasteiger charge is -2.29. The molecule has 0 fully saturated rings. The van der Waals surface area contributed by atoms with Crippen LogP contribution in [0.1, 0.15) is 53.9 Å². The average molecular weight is 214 g/mol. The molecule has 0 bridgehead atoms. The van der Waals surface area contributed by atoms with Crippen molar-refractivity contribution in [2.45, 2.75) is 66.0 Å². The van der Waals surface area contributed by atoms with E-state index in [2.05, 4.69) is 44.8 Å². The molecule has 92 valence electrons. The van der Waals surface area contributed by atoms with Crippen molar-refractivity contribution in [2.24, 2.45) is 0 Å². The van der Waals surface area contributed by atoms with Crippen molar-refractivity contribution in [3.8, 4) is 0 Å². The fourth-order valence-corrected chi connectivity index (χ4v) is 2.02. The molecule has 0 aromatic rings. The summed E-state index contributed by atoms with van der Waals surface area (Å²) in [7, 11) is 0.